The van der Waals surface area contributed by atoms with E-state index in [1.807, 2.05) is 6.07 Å². The number of carbonyl (C=O) groups excluding carboxylic acids is 1. The molecule has 1 aliphatic rings. The molecular weight excluding hydrogens is 302 g/mol. The second-order valence-electron chi connectivity index (χ2n) is 4.26. The maximum atomic E-state index is 10.8. The predicted octanol–water partition coefficient (Wildman–Crippen LogP) is 2.24. The molecule has 2 aromatic rings. The van der Waals surface area contributed by atoms with E-state index in [0.29, 0.717) is 28.9 Å². The van der Waals surface area contributed by atoms with Crippen LogP contribution in [-0.2, 0) is 4.74 Å². The lowest BCUT2D eigenvalue weighted by Gasteiger charge is -2.29. The highest BCUT2D eigenvalue weighted by Gasteiger charge is 2.18. The third-order valence-electron chi connectivity index (χ3n) is 2.96. The highest BCUT2D eigenvalue weighted by Crippen LogP contribution is 2.38. The van der Waals surface area contributed by atoms with Crippen molar-refractivity contribution in [3.8, 4) is 5.06 Å². The monoisotopic (exact) mass is 313 g/mol. The maximum Gasteiger partial charge on any atom is 0.410 e. The number of hydrogen-bond donors (Lipinski definition) is 1. The van der Waals surface area contributed by atoms with Crippen LogP contribution in [0.2, 0.25) is 5.15 Å². The molecule has 8 heteroatoms. The molecule has 0 aliphatic carbocycles. The number of morpholine rings is 1. The Kier molecular flexibility index (Phi) is 3.64. The zero-order valence-electron chi connectivity index (χ0n) is 10.5. The Morgan fingerprint density at radius 2 is 2.20 bits per heavy atom. The van der Waals surface area contributed by atoms with Gasteiger partial charge in [-0.15, -0.1) is 0 Å². The van der Waals surface area contributed by atoms with E-state index in [2.05, 4.69) is 9.88 Å². The fourth-order valence-corrected chi connectivity index (χ4v) is 3.33. The van der Waals surface area contributed by atoms with Crippen molar-refractivity contribution in [2.75, 3.05) is 31.2 Å². The van der Waals surface area contributed by atoms with Crippen LogP contribution in [0, 0.1) is 0 Å². The summed E-state index contributed by atoms with van der Waals surface area (Å²) < 4.78 is 11.2. The molecule has 1 saturated heterocycles. The molecule has 1 amide bonds. The molecule has 1 fully saturated rings. The van der Waals surface area contributed by atoms with Crippen LogP contribution in [0.1, 0.15) is 0 Å². The first-order valence-corrected chi connectivity index (χ1v) is 7.23. The van der Waals surface area contributed by atoms with E-state index in [1.54, 1.807) is 6.07 Å². The quantitative estimate of drug-likeness (QED) is 0.860. The van der Waals surface area contributed by atoms with Gasteiger partial charge in [-0.05, 0) is 0 Å². The van der Waals surface area contributed by atoms with E-state index in [1.165, 1.54) is 11.3 Å². The number of nitrogens with zero attached hydrogens (tertiary/aromatic N) is 2. The van der Waals surface area contributed by atoms with Gasteiger partial charge in [-0.1, -0.05) is 22.9 Å². The molecule has 0 unspecified atom stereocenters. The van der Waals surface area contributed by atoms with Crippen molar-refractivity contribution in [3.05, 3.63) is 17.3 Å². The van der Waals surface area contributed by atoms with E-state index < -0.39 is 6.09 Å². The lowest BCUT2D eigenvalue weighted by atomic mass is 10.3. The summed E-state index contributed by atoms with van der Waals surface area (Å²) in [4.78, 5) is 17.3. The molecule has 6 nitrogen and oxygen atoms in total. The average molecular weight is 314 g/mol. The summed E-state index contributed by atoms with van der Waals surface area (Å²) in [6.45, 7) is 2.94. The second kappa shape index (κ2) is 5.43. The second-order valence-corrected chi connectivity index (χ2v) is 5.67. The van der Waals surface area contributed by atoms with Gasteiger partial charge in [-0.2, -0.15) is 0 Å². The number of amides is 1. The van der Waals surface area contributed by atoms with E-state index in [-0.39, 0.29) is 0 Å². The number of thiophene rings is 1. The third kappa shape index (κ3) is 2.65. The van der Waals surface area contributed by atoms with E-state index >= 15 is 0 Å². The van der Waals surface area contributed by atoms with Crippen LogP contribution in [0.15, 0.2) is 12.1 Å². The van der Waals surface area contributed by atoms with E-state index in [4.69, 9.17) is 26.8 Å². The summed E-state index contributed by atoms with van der Waals surface area (Å²) in [5.74, 6) is 0. The number of ether oxygens (including phenoxy) is 2. The Morgan fingerprint density at radius 3 is 2.90 bits per heavy atom. The maximum absolute atomic E-state index is 10.8. The molecule has 1 aliphatic heterocycles. The lowest BCUT2D eigenvalue weighted by molar-refractivity contribution is 0.123. The van der Waals surface area contributed by atoms with Crippen molar-refractivity contribution in [2.45, 2.75) is 0 Å². The SMILES string of the molecule is NC(=O)Oc1cc2nc(Cl)cc(N3CCOCC3)c2s1. The zero-order valence-corrected chi connectivity index (χ0v) is 12.0. The number of halogens is 1. The van der Waals surface area contributed by atoms with Crippen LogP contribution in [0.5, 0.6) is 5.06 Å². The predicted molar refractivity (Wildman–Crippen MR) is 77.9 cm³/mol. The molecule has 0 aromatic carbocycles. The van der Waals surface area contributed by atoms with Gasteiger partial charge in [-0.25, -0.2) is 9.78 Å². The molecule has 2 N–H and O–H groups in total. The number of fused-ring (bicyclic) bond motifs is 1. The Bertz CT molecular complexity index is 655. The van der Waals surface area contributed by atoms with Crippen molar-refractivity contribution in [1.29, 1.82) is 0 Å². The van der Waals surface area contributed by atoms with Gasteiger partial charge in [-0.3, -0.25) is 0 Å². The molecule has 3 heterocycles. The average Bonchev–Trinajstić information content (AvgIpc) is 2.79. The van der Waals surface area contributed by atoms with Crippen molar-refractivity contribution < 1.29 is 14.3 Å². The number of carbonyl (C=O) groups is 1. The minimum Gasteiger partial charge on any atom is -0.399 e. The Labute approximate surface area is 124 Å². The molecule has 2 aromatic heterocycles. The largest absolute Gasteiger partial charge is 0.410 e. The molecule has 0 spiro atoms. The first-order valence-electron chi connectivity index (χ1n) is 6.03. The zero-order chi connectivity index (χ0) is 14.1. The molecule has 0 radical (unpaired) electrons. The Morgan fingerprint density at radius 1 is 1.45 bits per heavy atom. The van der Waals surface area contributed by atoms with Crippen molar-refractivity contribution in [2.24, 2.45) is 5.73 Å². The van der Waals surface area contributed by atoms with Gasteiger partial charge in [0.05, 0.1) is 29.1 Å². The van der Waals surface area contributed by atoms with Crippen molar-refractivity contribution in [3.63, 3.8) is 0 Å². The summed E-state index contributed by atoms with van der Waals surface area (Å²) in [6, 6.07) is 3.49. The first kappa shape index (κ1) is 13.4. The van der Waals surface area contributed by atoms with Gasteiger partial charge in [0.2, 0.25) is 0 Å². The molecule has 20 heavy (non-hydrogen) atoms. The minimum atomic E-state index is -0.837. The van der Waals surface area contributed by atoms with Crippen LogP contribution >= 0.6 is 22.9 Å². The molecule has 0 bridgehead atoms. The summed E-state index contributed by atoms with van der Waals surface area (Å²) in [6.07, 6.45) is -0.837. The normalized spacial score (nSPS) is 15.6. The molecule has 0 saturated carbocycles. The number of rotatable bonds is 2. The van der Waals surface area contributed by atoms with Gasteiger partial charge < -0.3 is 20.1 Å². The first-order chi connectivity index (χ1) is 9.63. The number of anilines is 1. The van der Waals surface area contributed by atoms with E-state index in [0.717, 1.165) is 23.5 Å². The Hall–Kier alpha value is -1.57. The van der Waals surface area contributed by atoms with Crippen molar-refractivity contribution >= 4 is 44.9 Å². The molecule has 0 atom stereocenters. The fourth-order valence-electron chi connectivity index (χ4n) is 2.14. The number of nitrogens with two attached hydrogens (primary N) is 1. The third-order valence-corrected chi connectivity index (χ3v) is 4.18. The topological polar surface area (TPSA) is 77.7 Å². The van der Waals surface area contributed by atoms with Gasteiger partial charge in [0.1, 0.15) is 5.15 Å². The fraction of sp³-hybridized carbons (Fsp3) is 0.333. The summed E-state index contributed by atoms with van der Waals surface area (Å²) in [5.41, 5.74) is 6.70. The minimum absolute atomic E-state index is 0.405. The van der Waals surface area contributed by atoms with E-state index in [9.17, 15) is 4.79 Å². The summed E-state index contributed by atoms with van der Waals surface area (Å²) in [7, 11) is 0. The molecule has 106 valence electrons. The van der Waals surface area contributed by atoms with Crippen LogP contribution in [0.3, 0.4) is 0 Å². The smallest absolute Gasteiger partial charge is 0.399 e. The van der Waals surface area contributed by atoms with Crippen LogP contribution in [-0.4, -0.2) is 37.4 Å². The Balaban J connectivity index is 2.05. The summed E-state index contributed by atoms with van der Waals surface area (Å²) in [5, 5.41) is 0.819. The van der Waals surface area contributed by atoms with Gasteiger partial charge in [0, 0.05) is 25.2 Å². The number of aromatic nitrogens is 1. The van der Waals surface area contributed by atoms with Crippen LogP contribution < -0.4 is 15.4 Å². The lowest BCUT2D eigenvalue weighted by Crippen LogP contribution is -2.36. The van der Waals surface area contributed by atoms with Crippen molar-refractivity contribution in [1.82, 2.24) is 4.98 Å². The van der Waals surface area contributed by atoms with Crippen LogP contribution in [0.25, 0.3) is 10.2 Å². The van der Waals surface area contributed by atoms with Gasteiger partial charge in [0.15, 0.2) is 5.06 Å². The van der Waals surface area contributed by atoms with Crippen LogP contribution in [0.4, 0.5) is 10.5 Å². The van der Waals surface area contributed by atoms with Gasteiger partial charge in [0.25, 0.3) is 0 Å². The standard InChI is InChI=1S/C12H12ClN3O3S/c13-9-6-8(16-1-3-18-4-2-16)11-7(15-9)5-10(20-11)19-12(14)17/h5-6H,1-4H2,(H2,14,17). The molecule has 3 rings (SSSR count). The highest BCUT2D eigenvalue weighted by atomic mass is 35.5. The summed E-state index contributed by atoms with van der Waals surface area (Å²) >= 11 is 7.39. The number of pyridine rings is 1. The highest BCUT2D eigenvalue weighted by molar-refractivity contribution is 7.21. The number of hydrogen-bond acceptors (Lipinski definition) is 6. The number of primary amides is 1. The molecular formula is C12H12ClN3O3S. The van der Waals surface area contributed by atoms with Gasteiger partial charge >= 0.3 is 6.09 Å².